The molecule has 0 aliphatic carbocycles. The van der Waals surface area contributed by atoms with Crippen LogP contribution >= 0.6 is 11.6 Å². The Labute approximate surface area is 102 Å². The lowest BCUT2D eigenvalue weighted by atomic mass is 9.89. The first-order valence-electron chi connectivity index (χ1n) is 5.94. The normalized spacial score (nSPS) is 21.0. The monoisotopic (exact) mass is 239 g/mol. The number of phenols is 1. The van der Waals surface area contributed by atoms with E-state index in [1.165, 1.54) is 5.56 Å². The molecule has 0 amide bonds. The van der Waals surface area contributed by atoms with Crippen LogP contribution in [0.5, 0.6) is 5.75 Å². The van der Waals surface area contributed by atoms with Crippen LogP contribution in [0.4, 0.5) is 0 Å². The Morgan fingerprint density at radius 1 is 1.50 bits per heavy atom. The molecule has 2 N–H and O–H groups in total. The van der Waals surface area contributed by atoms with Gasteiger partial charge >= 0.3 is 0 Å². The molecule has 1 atom stereocenters. The van der Waals surface area contributed by atoms with Crippen LogP contribution in [0.1, 0.15) is 36.8 Å². The minimum atomic E-state index is 0.271. The maximum atomic E-state index is 10.0. The Morgan fingerprint density at radius 3 is 2.94 bits per heavy atom. The van der Waals surface area contributed by atoms with Crippen LogP contribution in [0.3, 0.4) is 0 Å². The maximum absolute atomic E-state index is 10.0. The lowest BCUT2D eigenvalue weighted by Gasteiger charge is -2.24. The zero-order chi connectivity index (χ0) is 11.5. The van der Waals surface area contributed by atoms with E-state index in [1.807, 2.05) is 6.07 Å². The molecule has 0 aromatic heterocycles. The van der Waals surface area contributed by atoms with E-state index < -0.39 is 0 Å². The van der Waals surface area contributed by atoms with Crippen molar-refractivity contribution in [3.8, 4) is 5.75 Å². The highest BCUT2D eigenvalue weighted by Crippen LogP contribution is 2.36. The van der Waals surface area contributed by atoms with Gasteiger partial charge in [0.05, 0.1) is 5.02 Å². The maximum Gasteiger partial charge on any atom is 0.137 e. The molecule has 0 spiro atoms. The highest BCUT2D eigenvalue weighted by Gasteiger charge is 2.20. The third-order valence-corrected chi connectivity index (χ3v) is 3.59. The zero-order valence-corrected chi connectivity index (χ0v) is 10.3. The molecule has 1 aromatic rings. The summed E-state index contributed by atoms with van der Waals surface area (Å²) in [7, 11) is 0. The van der Waals surface area contributed by atoms with Crippen LogP contribution in [0.2, 0.25) is 5.02 Å². The van der Waals surface area contributed by atoms with E-state index in [4.69, 9.17) is 11.6 Å². The Balaban J connectivity index is 2.33. The summed E-state index contributed by atoms with van der Waals surface area (Å²) in [5.41, 5.74) is 2.21. The Morgan fingerprint density at radius 2 is 2.31 bits per heavy atom. The predicted molar refractivity (Wildman–Crippen MR) is 67.3 cm³/mol. The van der Waals surface area contributed by atoms with Crippen molar-refractivity contribution in [2.24, 2.45) is 0 Å². The summed E-state index contributed by atoms with van der Waals surface area (Å²) in [4.78, 5) is 0. The van der Waals surface area contributed by atoms with Crippen LogP contribution in [0.25, 0.3) is 0 Å². The summed E-state index contributed by atoms with van der Waals surface area (Å²) < 4.78 is 0. The van der Waals surface area contributed by atoms with E-state index >= 15 is 0 Å². The molecule has 16 heavy (non-hydrogen) atoms. The second kappa shape index (κ2) is 5.07. The van der Waals surface area contributed by atoms with Gasteiger partial charge in [-0.05, 0) is 37.4 Å². The van der Waals surface area contributed by atoms with Gasteiger partial charge in [-0.3, -0.25) is 0 Å². The van der Waals surface area contributed by atoms with Gasteiger partial charge in [-0.2, -0.15) is 0 Å². The molecule has 0 bridgehead atoms. The van der Waals surface area contributed by atoms with E-state index in [2.05, 4.69) is 18.3 Å². The Kier molecular flexibility index (Phi) is 3.72. The first-order chi connectivity index (χ1) is 7.72. The first kappa shape index (κ1) is 11.7. The molecule has 3 heteroatoms. The predicted octanol–water partition coefficient (Wildman–Crippen LogP) is 3.08. The van der Waals surface area contributed by atoms with Gasteiger partial charge in [-0.25, -0.2) is 0 Å². The van der Waals surface area contributed by atoms with Gasteiger partial charge in [0.15, 0.2) is 0 Å². The van der Waals surface area contributed by atoms with E-state index in [9.17, 15) is 5.11 Å². The van der Waals surface area contributed by atoms with Gasteiger partial charge in [-0.1, -0.05) is 24.6 Å². The summed E-state index contributed by atoms with van der Waals surface area (Å²) in [6, 6.07) is 3.95. The summed E-state index contributed by atoms with van der Waals surface area (Å²) in [5.74, 6) is 0.672. The van der Waals surface area contributed by atoms with Crippen molar-refractivity contribution >= 4 is 11.6 Å². The van der Waals surface area contributed by atoms with E-state index in [0.29, 0.717) is 10.9 Å². The van der Waals surface area contributed by atoms with Crippen molar-refractivity contribution in [2.75, 3.05) is 13.1 Å². The number of rotatable bonds is 2. The average molecular weight is 240 g/mol. The molecule has 2 nitrogen and oxygen atoms in total. The Hall–Kier alpha value is -0.730. The topological polar surface area (TPSA) is 32.3 Å². The molecule has 0 radical (unpaired) electrons. The van der Waals surface area contributed by atoms with Crippen molar-refractivity contribution in [1.29, 1.82) is 0 Å². The number of hydrogen-bond donors (Lipinski definition) is 2. The van der Waals surface area contributed by atoms with Gasteiger partial charge in [0.1, 0.15) is 5.75 Å². The van der Waals surface area contributed by atoms with E-state index in [0.717, 1.165) is 37.9 Å². The molecule has 1 aromatic carbocycles. The van der Waals surface area contributed by atoms with Crippen LogP contribution in [0, 0.1) is 0 Å². The number of halogens is 1. The number of benzene rings is 1. The van der Waals surface area contributed by atoms with Crippen molar-refractivity contribution in [3.63, 3.8) is 0 Å². The van der Waals surface area contributed by atoms with Gasteiger partial charge < -0.3 is 10.4 Å². The fourth-order valence-corrected chi connectivity index (χ4v) is 2.56. The quantitative estimate of drug-likeness (QED) is 0.832. The van der Waals surface area contributed by atoms with Gasteiger partial charge in [0, 0.05) is 18.0 Å². The van der Waals surface area contributed by atoms with Gasteiger partial charge in [0.25, 0.3) is 0 Å². The second-order valence-corrected chi connectivity index (χ2v) is 4.82. The third-order valence-electron chi connectivity index (χ3n) is 3.30. The number of phenolic OH excluding ortho intramolecular Hbond substituents is 1. The number of aryl methyl sites for hydroxylation is 1. The molecule has 1 unspecified atom stereocenters. The fraction of sp³-hybridized carbons (Fsp3) is 0.538. The highest BCUT2D eigenvalue weighted by atomic mass is 35.5. The molecule has 1 aliphatic rings. The van der Waals surface area contributed by atoms with Crippen LogP contribution in [-0.4, -0.2) is 18.2 Å². The summed E-state index contributed by atoms with van der Waals surface area (Å²) in [5, 5.41) is 13.9. The standard InChI is InChI=1S/C13H18ClNO/c1-2-9-6-11(13(16)12(14)7-9)10-4-3-5-15-8-10/h6-7,10,15-16H,2-5,8H2,1H3. The first-order valence-corrected chi connectivity index (χ1v) is 6.32. The lowest BCUT2D eigenvalue weighted by Crippen LogP contribution is -2.28. The van der Waals surface area contributed by atoms with Gasteiger partial charge in [0.2, 0.25) is 0 Å². The van der Waals surface area contributed by atoms with Gasteiger partial charge in [-0.15, -0.1) is 0 Å². The summed E-state index contributed by atoms with van der Waals surface area (Å²) in [6.07, 6.45) is 3.25. The molecule has 0 saturated carbocycles. The summed E-state index contributed by atoms with van der Waals surface area (Å²) in [6.45, 7) is 4.13. The number of aromatic hydroxyl groups is 1. The van der Waals surface area contributed by atoms with Crippen molar-refractivity contribution in [2.45, 2.75) is 32.1 Å². The Bertz CT molecular complexity index is 372. The minimum absolute atomic E-state index is 0.271. The molecule has 1 heterocycles. The largest absolute Gasteiger partial charge is 0.506 e. The third kappa shape index (κ3) is 2.33. The fourth-order valence-electron chi connectivity index (χ4n) is 2.31. The van der Waals surface area contributed by atoms with Crippen molar-refractivity contribution in [1.82, 2.24) is 5.32 Å². The molecule has 1 aliphatic heterocycles. The smallest absolute Gasteiger partial charge is 0.137 e. The van der Waals surface area contributed by atoms with Crippen LogP contribution < -0.4 is 5.32 Å². The molecule has 2 rings (SSSR count). The number of hydrogen-bond acceptors (Lipinski definition) is 2. The molecule has 88 valence electrons. The van der Waals surface area contributed by atoms with Crippen LogP contribution in [0.15, 0.2) is 12.1 Å². The van der Waals surface area contributed by atoms with E-state index in [1.54, 1.807) is 0 Å². The lowest BCUT2D eigenvalue weighted by molar-refractivity contribution is 0.425. The minimum Gasteiger partial charge on any atom is -0.506 e. The molecule has 1 fully saturated rings. The molecule has 1 saturated heterocycles. The molecular weight excluding hydrogens is 222 g/mol. The SMILES string of the molecule is CCc1cc(Cl)c(O)c(C2CCCNC2)c1. The number of piperidine rings is 1. The number of nitrogens with one attached hydrogen (secondary N) is 1. The van der Waals surface area contributed by atoms with E-state index in [-0.39, 0.29) is 5.75 Å². The van der Waals surface area contributed by atoms with Crippen LogP contribution in [-0.2, 0) is 6.42 Å². The summed E-state index contributed by atoms with van der Waals surface area (Å²) >= 11 is 6.05. The second-order valence-electron chi connectivity index (χ2n) is 4.41. The van der Waals surface area contributed by atoms with Crippen molar-refractivity contribution in [3.05, 3.63) is 28.3 Å². The van der Waals surface area contributed by atoms with Crippen molar-refractivity contribution < 1.29 is 5.11 Å². The zero-order valence-electron chi connectivity index (χ0n) is 9.59. The highest BCUT2D eigenvalue weighted by molar-refractivity contribution is 6.32. The molecular formula is C13H18ClNO. The average Bonchev–Trinajstić information content (AvgIpc) is 2.33.